The fourth-order valence-corrected chi connectivity index (χ4v) is 2.86. The van der Waals surface area contributed by atoms with Crippen LogP contribution in [0.2, 0.25) is 0 Å². The molecule has 146 valence electrons. The number of methoxy groups -OCH3 is 6. The predicted octanol–water partition coefficient (Wildman–Crippen LogP) is 1.46. The zero-order chi connectivity index (χ0) is 19.2. The Hall–Kier alpha value is -1.16. The molecule has 2 aliphatic rings. The van der Waals surface area contributed by atoms with Gasteiger partial charge in [0.25, 0.3) is 0 Å². The lowest BCUT2D eigenvalue weighted by Gasteiger charge is -2.27. The third kappa shape index (κ3) is 4.52. The molecule has 2 saturated heterocycles. The van der Waals surface area contributed by atoms with Gasteiger partial charge in [-0.05, 0) is 0 Å². The molecule has 0 bridgehead atoms. The summed E-state index contributed by atoms with van der Waals surface area (Å²) in [7, 11) is 9.48. The van der Waals surface area contributed by atoms with Crippen LogP contribution in [0.1, 0.15) is 6.92 Å². The Bertz CT molecular complexity index is 454. The van der Waals surface area contributed by atoms with Gasteiger partial charge in [0, 0.05) is 49.6 Å². The molecule has 0 aromatic heterocycles. The summed E-state index contributed by atoms with van der Waals surface area (Å²) < 4.78 is 41.7. The largest absolute Gasteiger partial charge is 0.464 e. The summed E-state index contributed by atoms with van der Waals surface area (Å²) in [5, 5.41) is 0. The molecule has 0 radical (unpaired) electrons. The van der Waals surface area contributed by atoms with E-state index in [0.717, 1.165) is 0 Å². The van der Waals surface area contributed by atoms with E-state index in [2.05, 4.69) is 13.2 Å². The molecule has 8 nitrogen and oxygen atoms in total. The Morgan fingerprint density at radius 2 is 1.40 bits per heavy atom. The van der Waals surface area contributed by atoms with Crippen molar-refractivity contribution < 1.29 is 37.9 Å². The molecule has 0 aliphatic carbocycles. The summed E-state index contributed by atoms with van der Waals surface area (Å²) in [4.78, 5) is 0. The van der Waals surface area contributed by atoms with Crippen LogP contribution in [0.25, 0.3) is 0 Å². The minimum Gasteiger partial charge on any atom is -0.464 e. The van der Waals surface area contributed by atoms with Crippen LogP contribution in [0.3, 0.4) is 0 Å². The highest BCUT2D eigenvalue weighted by Gasteiger charge is 2.51. The molecule has 2 heterocycles. The maximum atomic E-state index is 5.44. The van der Waals surface area contributed by atoms with Gasteiger partial charge in [-0.15, -0.1) is 0 Å². The third-order valence-electron chi connectivity index (χ3n) is 4.27. The van der Waals surface area contributed by atoms with Gasteiger partial charge in [-0.25, -0.2) is 0 Å². The molecular formula is C17H30O8. The first-order chi connectivity index (χ1) is 11.8. The standard InChI is InChI=1S/C9H16O4.C8H14O4/c1-6-7(10-3)8(11-4)9(2,12-5)13-6;1-5-6(9-2)7(10-3)8(11-4)12-5/h7-8H,1H2,2-5H3;6-8H,1H2,2-4H3. The highest BCUT2D eigenvalue weighted by molar-refractivity contribution is 5.09. The smallest absolute Gasteiger partial charge is 0.236 e. The molecule has 0 spiro atoms. The van der Waals surface area contributed by atoms with Gasteiger partial charge in [0.1, 0.15) is 23.7 Å². The summed E-state index contributed by atoms with van der Waals surface area (Å²) in [6.45, 7) is 9.23. The summed E-state index contributed by atoms with van der Waals surface area (Å²) in [6.07, 6.45) is -1.43. The van der Waals surface area contributed by atoms with Crippen molar-refractivity contribution in [2.45, 2.75) is 43.4 Å². The highest BCUT2D eigenvalue weighted by Crippen LogP contribution is 2.36. The first-order valence-corrected chi connectivity index (χ1v) is 7.75. The van der Waals surface area contributed by atoms with Gasteiger partial charge in [-0.3, -0.25) is 0 Å². The van der Waals surface area contributed by atoms with Gasteiger partial charge in [0.15, 0.2) is 12.2 Å². The number of ether oxygens (including phenoxy) is 8. The zero-order valence-electron chi connectivity index (χ0n) is 16.1. The average Bonchev–Trinajstić information content (AvgIpc) is 3.06. The number of hydrogen-bond acceptors (Lipinski definition) is 8. The molecule has 2 fully saturated rings. The van der Waals surface area contributed by atoms with Crippen LogP contribution in [-0.4, -0.2) is 79.2 Å². The van der Waals surface area contributed by atoms with Crippen molar-refractivity contribution >= 4 is 0 Å². The molecule has 0 aromatic carbocycles. The predicted molar refractivity (Wildman–Crippen MR) is 89.8 cm³/mol. The third-order valence-corrected chi connectivity index (χ3v) is 4.27. The van der Waals surface area contributed by atoms with E-state index in [1.165, 1.54) is 0 Å². The van der Waals surface area contributed by atoms with Crippen molar-refractivity contribution in [3.8, 4) is 0 Å². The van der Waals surface area contributed by atoms with E-state index in [-0.39, 0.29) is 24.4 Å². The van der Waals surface area contributed by atoms with Crippen LogP contribution >= 0.6 is 0 Å². The van der Waals surface area contributed by atoms with Gasteiger partial charge in [-0.2, -0.15) is 0 Å². The molecule has 0 N–H and O–H groups in total. The van der Waals surface area contributed by atoms with Crippen molar-refractivity contribution in [1.82, 2.24) is 0 Å². The first kappa shape index (κ1) is 21.9. The quantitative estimate of drug-likeness (QED) is 0.703. The summed E-state index contributed by atoms with van der Waals surface area (Å²) >= 11 is 0. The minimum absolute atomic E-state index is 0.229. The zero-order valence-corrected chi connectivity index (χ0v) is 16.1. The van der Waals surface area contributed by atoms with Gasteiger partial charge in [0.2, 0.25) is 12.1 Å². The Labute approximate surface area is 149 Å². The Kier molecular flexibility index (Phi) is 8.33. The van der Waals surface area contributed by atoms with Crippen LogP contribution in [0.4, 0.5) is 0 Å². The van der Waals surface area contributed by atoms with E-state index in [4.69, 9.17) is 37.9 Å². The maximum Gasteiger partial charge on any atom is 0.236 e. The molecule has 25 heavy (non-hydrogen) atoms. The lowest BCUT2D eigenvalue weighted by atomic mass is 10.1. The lowest BCUT2D eigenvalue weighted by Crippen LogP contribution is -2.43. The SMILES string of the molecule is C=C1OC(C)(OC)C(OC)C1OC.C=C1OC(OC)C(OC)C1OC. The van der Waals surface area contributed by atoms with Crippen LogP contribution in [0.15, 0.2) is 24.7 Å². The van der Waals surface area contributed by atoms with Gasteiger partial charge < -0.3 is 37.9 Å². The van der Waals surface area contributed by atoms with Gasteiger partial charge in [0.05, 0.1) is 0 Å². The molecule has 6 unspecified atom stereocenters. The second-order valence-electron chi connectivity index (χ2n) is 5.65. The van der Waals surface area contributed by atoms with E-state index in [1.54, 1.807) is 49.6 Å². The van der Waals surface area contributed by atoms with Crippen molar-refractivity contribution in [1.29, 1.82) is 0 Å². The molecule has 6 atom stereocenters. The normalized spacial score (nSPS) is 37.3. The van der Waals surface area contributed by atoms with Gasteiger partial charge in [-0.1, -0.05) is 13.2 Å². The van der Waals surface area contributed by atoms with Crippen LogP contribution in [-0.2, 0) is 37.9 Å². The molecule has 2 aliphatic heterocycles. The molecule has 0 aromatic rings. The van der Waals surface area contributed by atoms with Crippen LogP contribution in [0, 0.1) is 0 Å². The van der Waals surface area contributed by atoms with Crippen molar-refractivity contribution in [3.05, 3.63) is 24.7 Å². The monoisotopic (exact) mass is 362 g/mol. The first-order valence-electron chi connectivity index (χ1n) is 7.75. The lowest BCUT2D eigenvalue weighted by molar-refractivity contribution is -0.220. The fourth-order valence-electron chi connectivity index (χ4n) is 2.86. The van der Waals surface area contributed by atoms with Crippen molar-refractivity contribution in [2.75, 3.05) is 42.7 Å². The van der Waals surface area contributed by atoms with Crippen LogP contribution < -0.4 is 0 Å². The average molecular weight is 362 g/mol. The van der Waals surface area contributed by atoms with E-state index < -0.39 is 12.1 Å². The van der Waals surface area contributed by atoms with Crippen molar-refractivity contribution in [3.63, 3.8) is 0 Å². The Morgan fingerprint density at radius 3 is 1.80 bits per heavy atom. The fraction of sp³-hybridized carbons (Fsp3) is 0.765. The van der Waals surface area contributed by atoms with E-state index in [1.807, 2.05) is 0 Å². The summed E-state index contributed by atoms with van der Waals surface area (Å²) in [5.41, 5.74) is 0. The number of hydrogen-bond donors (Lipinski definition) is 0. The Morgan fingerprint density at radius 1 is 0.800 bits per heavy atom. The molecule has 8 heteroatoms. The van der Waals surface area contributed by atoms with E-state index in [9.17, 15) is 0 Å². The second kappa shape index (κ2) is 9.51. The second-order valence-corrected chi connectivity index (χ2v) is 5.65. The molecular weight excluding hydrogens is 332 g/mol. The maximum absolute atomic E-state index is 5.44. The summed E-state index contributed by atoms with van der Waals surface area (Å²) in [6, 6.07) is 0. The molecule has 2 rings (SSSR count). The van der Waals surface area contributed by atoms with Gasteiger partial charge >= 0.3 is 0 Å². The van der Waals surface area contributed by atoms with Crippen molar-refractivity contribution in [2.24, 2.45) is 0 Å². The summed E-state index contributed by atoms with van der Waals surface area (Å²) in [5.74, 6) is 0.293. The number of rotatable bonds is 6. The molecule has 0 amide bonds. The molecule has 0 saturated carbocycles. The van der Waals surface area contributed by atoms with Crippen LogP contribution in [0.5, 0.6) is 0 Å². The Balaban J connectivity index is 0.000000251. The minimum atomic E-state index is -0.799. The van der Waals surface area contributed by atoms with E-state index in [0.29, 0.717) is 11.5 Å². The highest BCUT2D eigenvalue weighted by atomic mass is 16.7. The van der Waals surface area contributed by atoms with E-state index >= 15 is 0 Å². The topological polar surface area (TPSA) is 73.8 Å².